The van der Waals surface area contributed by atoms with Crippen molar-refractivity contribution in [2.75, 3.05) is 13.2 Å². The average molecular weight is 281 g/mol. The molecule has 2 rings (SSSR count). The third kappa shape index (κ3) is 4.46. The van der Waals surface area contributed by atoms with Crippen molar-refractivity contribution in [3.05, 3.63) is 0 Å². The lowest BCUT2D eigenvalue weighted by Crippen LogP contribution is -2.45. The van der Waals surface area contributed by atoms with Crippen LogP contribution in [0.4, 0.5) is 0 Å². The zero-order valence-electron chi connectivity index (χ0n) is 13.8. The van der Waals surface area contributed by atoms with Crippen LogP contribution < -0.4 is 5.32 Å². The monoisotopic (exact) mass is 281 g/mol. The Labute approximate surface area is 126 Å². The highest BCUT2D eigenvalue weighted by molar-refractivity contribution is 4.94. The molecule has 1 spiro atoms. The molecule has 2 aliphatic rings. The molecule has 2 heteroatoms. The molecule has 0 aromatic heterocycles. The second-order valence-electron chi connectivity index (χ2n) is 7.00. The van der Waals surface area contributed by atoms with Crippen LogP contribution in [0.25, 0.3) is 0 Å². The van der Waals surface area contributed by atoms with Crippen molar-refractivity contribution in [3.63, 3.8) is 0 Å². The molecule has 2 fully saturated rings. The summed E-state index contributed by atoms with van der Waals surface area (Å²) in [7, 11) is 0. The number of hydrogen-bond donors (Lipinski definition) is 1. The minimum Gasteiger partial charge on any atom is -0.375 e. The molecule has 0 amide bonds. The maximum atomic E-state index is 6.20. The Balaban J connectivity index is 1.83. The Morgan fingerprint density at radius 2 is 1.95 bits per heavy atom. The zero-order valence-corrected chi connectivity index (χ0v) is 13.8. The van der Waals surface area contributed by atoms with Crippen molar-refractivity contribution in [2.24, 2.45) is 5.92 Å². The maximum absolute atomic E-state index is 6.20. The lowest BCUT2D eigenvalue weighted by molar-refractivity contribution is -0.0982. The molecule has 1 saturated carbocycles. The van der Waals surface area contributed by atoms with Crippen LogP contribution in [-0.2, 0) is 4.74 Å². The van der Waals surface area contributed by atoms with Gasteiger partial charge in [-0.15, -0.1) is 0 Å². The average Bonchev–Trinajstić information content (AvgIpc) is 2.90. The van der Waals surface area contributed by atoms with E-state index >= 15 is 0 Å². The summed E-state index contributed by atoms with van der Waals surface area (Å²) in [6.07, 6.45) is 14.9. The van der Waals surface area contributed by atoms with Crippen molar-refractivity contribution in [3.8, 4) is 0 Å². The van der Waals surface area contributed by atoms with Gasteiger partial charge in [-0.25, -0.2) is 0 Å². The number of rotatable bonds is 8. The first-order valence-corrected chi connectivity index (χ1v) is 9.17. The highest BCUT2D eigenvalue weighted by Gasteiger charge is 2.41. The maximum Gasteiger partial charge on any atom is 0.0685 e. The smallest absolute Gasteiger partial charge is 0.0685 e. The molecule has 2 unspecified atom stereocenters. The SMILES string of the molecule is CCCCCCC(NCC)C1CCOC2(CCCC2)C1. The van der Waals surface area contributed by atoms with Gasteiger partial charge in [0.25, 0.3) is 0 Å². The van der Waals surface area contributed by atoms with Crippen molar-refractivity contribution in [1.82, 2.24) is 5.32 Å². The van der Waals surface area contributed by atoms with Crippen LogP contribution in [0.2, 0.25) is 0 Å². The number of ether oxygens (including phenoxy) is 1. The van der Waals surface area contributed by atoms with E-state index in [1.807, 2.05) is 0 Å². The molecule has 1 aliphatic carbocycles. The Kier molecular flexibility index (Phi) is 6.83. The van der Waals surface area contributed by atoms with Gasteiger partial charge in [0.2, 0.25) is 0 Å². The quantitative estimate of drug-likeness (QED) is 0.653. The summed E-state index contributed by atoms with van der Waals surface area (Å²) in [4.78, 5) is 0. The second kappa shape index (κ2) is 8.38. The van der Waals surface area contributed by atoms with E-state index < -0.39 is 0 Å². The van der Waals surface area contributed by atoms with Gasteiger partial charge in [-0.05, 0) is 44.6 Å². The van der Waals surface area contributed by atoms with Gasteiger partial charge in [0.05, 0.1) is 5.60 Å². The van der Waals surface area contributed by atoms with Crippen molar-refractivity contribution >= 4 is 0 Å². The summed E-state index contributed by atoms with van der Waals surface area (Å²) in [5.41, 5.74) is 0.278. The van der Waals surface area contributed by atoms with E-state index in [0.717, 1.165) is 25.1 Å². The van der Waals surface area contributed by atoms with E-state index in [1.54, 1.807) is 0 Å². The summed E-state index contributed by atoms with van der Waals surface area (Å²) in [5.74, 6) is 0.850. The van der Waals surface area contributed by atoms with Gasteiger partial charge >= 0.3 is 0 Å². The summed E-state index contributed by atoms with van der Waals surface area (Å²) >= 11 is 0. The predicted molar refractivity (Wildman–Crippen MR) is 86.1 cm³/mol. The summed E-state index contributed by atoms with van der Waals surface area (Å²) in [6.45, 7) is 6.66. The molecule has 1 N–H and O–H groups in total. The largest absolute Gasteiger partial charge is 0.375 e. The van der Waals surface area contributed by atoms with E-state index in [4.69, 9.17) is 4.74 Å². The molecule has 1 heterocycles. The minimum absolute atomic E-state index is 0.278. The fourth-order valence-electron chi connectivity index (χ4n) is 4.33. The second-order valence-corrected chi connectivity index (χ2v) is 7.00. The van der Waals surface area contributed by atoms with Gasteiger partial charge in [0.1, 0.15) is 0 Å². The van der Waals surface area contributed by atoms with Gasteiger partial charge in [-0.3, -0.25) is 0 Å². The molecule has 1 aliphatic heterocycles. The first-order chi connectivity index (χ1) is 9.79. The van der Waals surface area contributed by atoms with Gasteiger partial charge in [-0.2, -0.15) is 0 Å². The first-order valence-electron chi connectivity index (χ1n) is 9.17. The highest BCUT2D eigenvalue weighted by atomic mass is 16.5. The van der Waals surface area contributed by atoms with Crippen LogP contribution in [0.3, 0.4) is 0 Å². The number of unbranched alkanes of at least 4 members (excludes halogenated alkanes) is 3. The standard InChI is InChI=1S/C18H35NO/c1-3-5-6-7-10-17(19-4-2)16-11-14-20-18(15-16)12-8-9-13-18/h16-17,19H,3-15H2,1-2H3. The first kappa shape index (κ1) is 16.3. The van der Waals surface area contributed by atoms with Crippen LogP contribution >= 0.6 is 0 Å². The molecule has 0 aromatic carbocycles. The molecule has 118 valence electrons. The van der Waals surface area contributed by atoms with Gasteiger partial charge < -0.3 is 10.1 Å². The lowest BCUT2D eigenvalue weighted by atomic mass is 9.79. The number of hydrogen-bond acceptors (Lipinski definition) is 2. The third-order valence-corrected chi connectivity index (χ3v) is 5.45. The van der Waals surface area contributed by atoms with Gasteiger partial charge in [0, 0.05) is 12.6 Å². The van der Waals surface area contributed by atoms with E-state index in [-0.39, 0.29) is 5.60 Å². The van der Waals surface area contributed by atoms with Crippen LogP contribution in [-0.4, -0.2) is 24.8 Å². The van der Waals surface area contributed by atoms with Gasteiger partial charge in [0.15, 0.2) is 0 Å². The van der Waals surface area contributed by atoms with Crippen LogP contribution in [0.5, 0.6) is 0 Å². The van der Waals surface area contributed by atoms with Crippen molar-refractivity contribution in [1.29, 1.82) is 0 Å². The molecule has 20 heavy (non-hydrogen) atoms. The molecule has 0 radical (unpaired) electrons. The lowest BCUT2D eigenvalue weighted by Gasteiger charge is -2.41. The van der Waals surface area contributed by atoms with E-state index in [9.17, 15) is 0 Å². The van der Waals surface area contributed by atoms with Gasteiger partial charge in [-0.1, -0.05) is 52.4 Å². The van der Waals surface area contributed by atoms with E-state index in [1.165, 1.54) is 70.6 Å². The van der Waals surface area contributed by atoms with Crippen LogP contribution in [0, 0.1) is 5.92 Å². The summed E-state index contributed by atoms with van der Waals surface area (Å²) < 4.78 is 6.20. The van der Waals surface area contributed by atoms with E-state index in [2.05, 4.69) is 19.2 Å². The predicted octanol–water partition coefficient (Wildman–Crippen LogP) is 4.67. The molecule has 2 atom stereocenters. The topological polar surface area (TPSA) is 21.3 Å². The molecule has 1 saturated heterocycles. The van der Waals surface area contributed by atoms with Crippen molar-refractivity contribution in [2.45, 2.75) is 96.1 Å². The molecular formula is C18H35NO. The molecular weight excluding hydrogens is 246 g/mol. The molecule has 0 bridgehead atoms. The Morgan fingerprint density at radius 3 is 2.65 bits per heavy atom. The normalized spacial score (nSPS) is 27.0. The Morgan fingerprint density at radius 1 is 1.15 bits per heavy atom. The molecule has 2 nitrogen and oxygen atoms in total. The van der Waals surface area contributed by atoms with Crippen molar-refractivity contribution < 1.29 is 4.74 Å². The summed E-state index contributed by atoms with van der Waals surface area (Å²) in [5, 5.41) is 3.78. The summed E-state index contributed by atoms with van der Waals surface area (Å²) in [6, 6.07) is 0.734. The fraction of sp³-hybridized carbons (Fsp3) is 1.00. The van der Waals surface area contributed by atoms with E-state index in [0.29, 0.717) is 0 Å². The third-order valence-electron chi connectivity index (χ3n) is 5.45. The fourth-order valence-corrected chi connectivity index (χ4v) is 4.33. The highest BCUT2D eigenvalue weighted by Crippen LogP contribution is 2.43. The van der Waals surface area contributed by atoms with Crippen LogP contribution in [0.1, 0.15) is 84.5 Å². The molecule has 0 aromatic rings. The van der Waals surface area contributed by atoms with Crippen LogP contribution in [0.15, 0.2) is 0 Å². The Bertz CT molecular complexity index is 260. The minimum atomic E-state index is 0.278. The Hall–Kier alpha value is -0.0800. The zero-order chi connectivity index (χ0) is 14.3. The number of nitrogens with one attached hydrogen (secondary N) is 1.